The van der Waals surface area contributed by atoms with Crippen LogP contribution in [0.5, 0.6) is 0 Å². The van der Waals surface area contributed by atoms with E-state index in [1.165, 1.54) is 36.8 Å². The number of benzene rings is 1. The molecule has 12 heteroatoms. The zero-order chi connectivity index (χ0) is 25.6. The quantitative estimate of drug-likeness (QED) is 0.498. The maximum atomic E-state index is 15.0. The first-order valence-electron chi connectivity index (χ1n) is 11.3. The summed E-state index contributed by atoms with van der Waals surface area (Å²) in [6.45, 7) is 6.19. The number of ether oxygens (including phenoxy) is 3. The third-order valence-corrected chi connectivity index (χ3v) is 6.88. The standard InChI is InChI=1S/C24H25FN4O6S/c1-24(2,3)35-23(31)28-21-27-15-8-12-10-33-11-16(19(15)36-21)29(12)22-26-9-17(34-22)13-6-5-7-14(18(13)25)20(30)32-4/h5-7,9,12,16H,8,10-11H2,1-4H3,(H,27,28,31)/t12-,16-/m0/s1. The molecule has 1 amide bonds. The number of nitrogens with one attached hydrogen (secondary N) is 1. The molecule has 0 saturated carbocycles. The van der Waals surface area contributed by atoms with Crippen LogP contribution in [0.4, 0.5) is 20.3 Å². The average Bonchev–Trinajstić information content (AvgIpc) is 3.44. The van der Waals surface area contributed by atoms with Crippen molar-refractivity contribution in [1.82, 2.24) is 9.97 Å². The van der Waals surface area contributed by atoms with Gasteiger partial charge in [-0.2, -0.15) is 0 Å². The lowest BCUT2D eigenvalue weighted by Crippen LogP contribution is -2.51. The molecular weight excluding hydrogens is 491 g/mol. The lowest BCUT2D eigenvalue weighted by molar-refractivity contribution is 0.0578. The number of anilines is 2. The fourth-order valence-corrected chi connectivity index (χ4v) is 5.38. The molecule has 1 saturated heterocycles. The maximum Gasteiger partial charge on any atom is 0.413 e. The Bertz CT molecular complexity index is 1320. The smallest absolute Gasteiger partial charge is 0.413 e. The van der Waals surface area contributed by atoms with Gasteiger partial charge in [0.2, 0.25) is 0 Å². The van der Waals surface area contributed by atoms with Crippen LogP contribution in [-0.2, 0) is 20.6 Å². The van der Waals surface area contributed by atoms with Crippen LogP contribution in [0.3, 0.4) is 0 Å². The summed E-state index contributed by atoms with van der Waals surface area (Å²) >= 11 is 1.34. The van der Waals surface area contributed by atoms with Crippen molar-refractivity contribution in [2.75, 3.05) is 30.5 Å². The van der Waals surface area contributed by atoms with Crippen molar-refractivity contribution in [3.8, 4) is 11.3 Å². The first-order chi connectivity index (χ1) is 17.1. The summed E-state index contributed by atoms with van der Waals surface area (Å²) in [5, 5.41) is 3.15. The van der Waals surface area contributed by atoms with Crippen LogP contribution >= 0.6 is 11.3 Å². The molecule has 0 radical (unpaired) electrons. The second-order valence-corrected chi connectivity index (χ2v) is 10.5. The Morgan fingerprint density at radius 1 is 1.28 bits per heavy atom. The van der Waals surface area contributed by atoms with Crippen molar-refractivity contribution < 1.29 is 32.6 Å². The van der Waals surface area contributed by atoms with E-state index in [9.17, 15) is 9.59 Å². The van der Waals surface area contributed by atoms with E-state index in [1.54, 1.807) is 26.8 Å². The predicted octanol–water partition coefficient (Wildman–Crippen LogP) is 4.57. The van der Waals surface area contributed by atoms with Gasteiger partial charge in [0.25, 0.3) is 6.01 Å². The second-order valence-electron chi connectivity index (χ2n) is 9.44. The van der Waals surface area contributed by atoms with Crippen LogP contribution in [0.1, 0.15) is 47.7 Å². The van der Waals surface area contributed by atoms with Gasteiger partial charge in [0.15, 0.2) is 10.9 Å². The third-order valence-electron chi connectivity index (χ3n) is 5.77. The molecular formula is C24H25FN4O6S. The van der Waals surface area contributed by atoms with Crippen molar-refractivity contribution in [2.24, 2.45) is 0 Å². The van der Waals surface area contributed by atoms with Gasteiger partial charge in [0.1, 0.15) is 11.4 Å². The van der Waals surface area contributed by atoms with Crippen molar-refractivity contribution in [3.05, 3.63) is 46.3 Å². The number of hydrogen-bond donors (Lipinski definition) is 1. The first-order valence-corrected chi connectivity index (χ1v) is 12.1. The number of morpholine rings is 1. The normalized spacial score (nSPS) is 19.0. The van der Waals surface area contributed by atoms with Crippen molar-refractivity contribution in [1.29, 1.82) is 0 Å². The number of rotatable bonds is 4. The van der Waals surface area contributed by atoms with Crippen LogP contribution < -0.4 is 10.2 Å². The fourth-order valence-electron chi connectivity index (χ4n) is 4.32. The second kappa shape index (κ2) is 9.17. The third kappa shape index (κ3) is 4.53. The van der Waals surface area contributed by atoms with Gasteiger partial charge in [0.05, 0.1) is 60.3 Å². The zero-order valence-electron chi connectivity index (χ0n) is 20.2. The predicted molar refractivity (Wildman–Crippen MR) is 129 cm³/mol. The minimum atomic E-state index is -0.773. The van der Waals surface area contributed by atoms with Gasteiger partial charge in [-0.3, -0.25) is 5.32 Å². The summed E-state index contributed by atoms with van der Waals surface area (Å²) in [6.07, 6.45) is 1.42. The first kappa shape index (κ1) is 24.2. The maximum absolute atomic E-state index is 15.0. The lowest BCUT2D eigenvalue weighted by atomic mass is 9.97. The highest BCUT2D eigenvalue weighted by molar-refractivity contribution is 7.16. The van der Waals surface area contributed by atoms with E-state index in [-0.39, 0.29) is 29.0 Å². The molecule has 5 rings (SSSR count). The molecule has 190 valence electrons. The Morgan fingerprint density at radius 2 is 2.08 bits per heavy atom. The number of carbonyl (C=O) groups is 2. The van der Waals surface area contributed by atoms with Gasteiger partial charge >= 0.3 is 12.1 Å². The molecule has 1 N–H and O–H groups in total. The van der Waals surface area contributed by atoms with Crippen LogP contribution in [0.25, 0.3) is 11.3 Å². The summed E-state index contributed by atoms with van der Waals surface area (Å²) in [7, 11) is 1.19. The van der Waals surface area contributed by atoms with Gasteiger partial charge in [-0.15, -0.1) is 0 Å². The summed E-state index contributed by atoms with van der Waals surface area (Å²) < 4.78 is 36.8. The highest BCUT2D eigenvalue weighted by atomic mass is 32.1. The molecule has 3 aromatic rings. The van der Waals surface area contributed by atoms with Crippen LogP contribution in [-0.4, -0.2) is 54.0 Å². The summed E-state index contributed by atoms with van der Waals surface area (Å²) in [6, 6.07) is 4.39. The fraction of sp³-hybridized carbons (Fsp3) is 0.417. The highest BCUT2D eigenvalue weighted by Crippen LogP contribution is 2.44. The van der Waals surface area contributed by atoms with Crippen molar-refractivity contribution in [2.45, 2.75) is 44.9 Å². The minimum Gasteiger partial charge on any atom is -0.465 e. The molecule has 2 aliphatic rings. The van der Waals surface area contributed by atoms with Gasteiger partial charge < -0.3 is 23.5 Å². The van der Waals surface area contributed by atoms with Gasteiger partial charge in [-0.25, -0.2) is 23.9 Å². The Kier molecular flexibility index (Phi) is 6.17. The molecule has 10 nitrogen and oxygen atoms in total. The number of hydrogen-bond acceptors (Lipinski definition) is 10. The average molecular weight is 517 g/mol. The number of aromatic nitrogens is 2. The SMILES string of the molecule is COC(=O)c1cccc(-c2cnc(N3[C@@H]4COC[C@H]3c3sc(NC(=O)OC(C)(C)C)nc3C4)o2)c1F. The summed E-state index contributed by atoms with van der Waals surface area (Å²) in [4.78, 5) is 36.1. The van der Waals surface area contributed by atoms with E-state index in [1.807, 2.05) is 4.90 Å². The van der Waals surface area contributed by atoms with Crippen LogP contribution in [0, 0.1) is 5.82 Å². The number of thiazole rings is 1. The molecule has 2 atom stereocenters. The van der Waals surface area contributed by atoms with Crippen LogP contribution in [0.2, 0.25) is 0 Å². The van der Waals surface area contributed by atoms with E-state index < -0.39 is 23.5 Å². The highest BCUT2D eigenvalue weighted by Gasteiger charge is 2.43. The molecule has 2 bridgehead atoms. The zero-order valence-corrected chi connectivity index (χ0v) is 21.0. The van der Waals surface area contributed by atoms with E-state index in [0.717, 1.165) is 10.6 Å². The van der Waals surface area contributed by atoms with Crippen molar-refractivity contribution in [3.63, 3.8) is 0 Å². The van der Waals surface area contributed by atoms with E-state index in [4.69, 9.17) is 13.9 Å². The topological polar surface area (TPSA) is 116 Å². The Labute approximate surface area is 210 Å². The van der Waals surface area contributed by atoms with Crippen molar-refractivity contribution >= 4 is 34.5 Å². The van der Waals surface area contributed by atoms with E-state index in [0.29, 0.717) is 30.8 Å². The Hall–Kier alpha value is -3.51. The largest absolute Gasteiger partial charge is 0.465 e. The van der Waals surface area contributed by atoms with Gasteiger partial charge in [-0.05, 0) is 32.9 Å². The summed E-state index contributed by atoms with van der Waals surface area (Å²) in [5.41, 5.74) is 0.179. The minimum absolute atomic E-state index is 0.106. The molecule has 36 heavy (non-hydrogen) atoms. The number of amides is 1. The lowest BCUT2D eigenvalue weighted by Gasteiger charge is -2.43. The molecule has 0 unspecified atom stereocenters. The number of fused-ring (bicyclic) bond motifs is 4. The van der Waals surface area contributed by atoms with E-state index in [2.05, 4.69) is 20.0 Å². The number of halogens is 1. The number of nitrogens with zero attached hydrogens (tertiary/aromatic N) is 3. The molecule has 1 aromatic carbocycles. The summed E-state index contributed by atoms with van der Waals surface area (Å²) in [5.74, 6) is -1.32. The number of esters is 1. The molecule has 1 fully saturated rings. The molecule has 0 spiro atoms. The number of oxazole rings is 1. The molecule has 0 aliphatic carbocycles. The number of methoxy groups -OCH3 is 1. The molecule has 4 heterocycles. The van der Waals surface area contributed by atoms with Crippen LogP contribution in [0.15, 0.2) is 28.8 Å². The number of carbonyl (C=O) groups excluding carboxylic acids is 2. The van der Waals surface area contributed by atoms with E-state index >= 15 is 4.39 Å². The van der Waals surface area contributed by atoms with Gasteiger partial charge in [0, 0.05) is 6.42 Å². The van der Waals surface area contributed by atoms with Gasteiger partial charge in [-0.1, -0.05) is 17.4 Å². The monoisotopic (exact) mass is 516 g/mol. The molecule has 2 aromatic heterocycles. The molecule has 2 aliphatic heterocycles. The Morgan fingerprint density at radius 3 is 2.83 bits per heavy atom. The Balaban J connectivity index is 1.42.